The highest BCUT2D eigenvalue weighted by Crippen LogP contribution is 2.25. The quantitative estimate of drug-likeness (QED) is 0.577. The van der Waals surface area contributed by atoms with Crippen molar-refractivity contribution in [1.82, 2.24) is 0 Å². The Bertz CT molecular complexity index is 632. The minimum atomic E-state index is -0.0770. The number of ether oxygens (including phenoxy) is 3. The van der Waals surface area contributed by atoms with Gasteiger partial charge in [0, 0.05) is 7.11 Å². The number of rotatable bonds is 7. The van der Waals surface area contributed by atoms with E-state index in [4.69, 9.17) is 14.2 Å². The van der Waals surface area contributed by atoms with Crippen LogP contribution in [0, 0.1) is 6.92 Å². The fraction of sp³-hybridized carbons (Fsp3) is 0.278. The maximum Gasteiger partial charge on any atom is 0.188 e. The van der Waals surface area contributed by atoms with Gasteiger partial charge in [0.15, 0.2) is 12.6 Å². The van der Waals surface area contributed by atoms with E-state index >= 15 is 0 Å². The van der Waals surface area contributed by atoms with E-state index in [2.05, 4.69) is 0 Å². The molecule has 22 heavy (non-hydrogen) atoms. The molecule has 0 heterocycles. The Kier molecular flexibility index (Phi) is 5.55. The van der Waals surface area contributed by atoms with Crippen molar-refractivity contribution in [2.75, 3.05) is 13.9 Å². The average Bonchev–Trinajstić information content (AvgIpc) is 2.52. The van der Waals surface area contributed by atoms with Crippen LogP contribution in [0.3, 0.4) is 0 Å². The molecule has 0 saturated heterocycles. The summed E-state index contributed by atoms with van der Waals surface area (Å²) in [6.45, 7) is 4.10. The summed E-state index contributed by atoms with van der Waals surface area (Å²) >= 11 is 0. The van der Waals surface area contributed by atoms with Gasteiger partial charge in [-0.25, -0.2) is 0 Å². The van der Waals surface area contributed by atoms with Gasteiger partial charge in [0.25, 0.3) is 0 Å². The van der Waals surface area contributed by atoms with Crippen LogP contribution in [0.5, 0.6) is 11.5 Å². The molecule has 0 aliphatic rings. The van der Waals surface area contributed by atoms with Gasteiger partial charge < -0.3 is 14.2 Å². The molecule has 2 rings (SSSR count). The van der Waals surface area contributed by atoms with Crippen molar-refractivity contribution in [3.63, 3.8) is 0 Å². The monoisotopic (exact) mass is 300 g/mol. The first-order chi connectivity index (χ1) is 10.6. The third kappa shape index (κ3) is 4.33. The van der Waals surface area contributed by atoms with E-state index in [0.717, 1.165) is 5.56 Å². The fourth-order valence-corrected chi connectivity index (χ4v) is 1.97. The number of methoxy groups -OCH3 is 1. The van der Waals surface area contributed by atoms with Crippen LogP contribution in [0.25, 0.3) is 0 Å². The molecular formula is C18H20O4. The topological polar surface area (TPSA) is 44.8 Å². The lowest BCUT2D eigenvalue weighted by Gasteiger charge is -2.12. The normalized spacial score (nSPS) is 10.3. The number of carbonyl (C=O) groups excluding carboxylic acids is 1. The lowest BCUT2D eigenvalue weighted by molar-refractivity contribution is 0.0502. The van der Waals surface area contributed by atoms with Crippen molar-refractivity contribution >= 4 is 5.78 Å². The zero-order chi connectivity index (χ0) is 15.9. The van der Waals surface area contributed by atoms with Gasteiger partial charge in [-0.1, -0.05) is 29.8 Å². The molecule has 2 aromatic rings. The SMILES string of the molecule is COCOc1ccc(OCc2ccc(C)cc2)cc1C(C)=O. The van der Waals surface area contributed by atoms with E-state index in [1.54, 1.807) is 18.2 Å². The molecule has 0 unspecified atom stereocenters. The smallest absolute Gasteiger partial charge is 0.188 e. The second-order valence-corrected chi connectivity index (χ2v) is 5.04. The van der Waals surface area contributed by atoms with Crippen LogP contribution in [0.2, 0.25) is 0 Å². The van der Waals surface area contributed by atoms with E-state index in [1.165, 1.54) is 19.6 Å². The van der Waals surface area contributed by atoms with Crippen LogP contribution in [-0.4, -0.2) is 19.7 Å². The Balaban J connectivity index is 2.09. The molecule has 116 valence electrons. The summed E-state index contributed by atoms with van der Waals surface area (Å²) in [5.74, 6) is 1.06. The van der Waals surface area contributed by atoms with Crippen molar-refractivity contribution in [2.45, 2.75) is 20.5 Å². The second kappa shape index (κ2) is 7.61. The van der Waals surface area contributed by atoms with Gasteiger partial charge in [-0.05, 0) is 37.6 Å². The molecule has 0 bridgehead atoms. The number of benzene rings is 2. The van der Waals surface area contributed by atoms with Crippen molar-refractivity contribution < 1.29 is 19.0 Å². The first kappa shape index (κ1) is 16.0. The maximum atomic E-state index is 11.7. The predicted octanol–water partition coefficient (Wildman–Crippen LogP) is 3.76. The standard InChI is InChI=1S/C18H20O4/c1-13-4-6-15(7-5-13)11-21-16-8-9-18(22-12-20-3)17(10-16)14(2)19/h4-10H,11-12H2,1-3H3. The van der Waals surface area contributed by atoms with Crippen LogP contribution in [0.4, 0.5) is 0 Å². The molecule has 0 amide bonds. The molecule has 0 fully saturated rings. The first-order valence-electron chi connectivity index (χ1n) is 7.05. The van der Waals surface area contributed by atoms with Crippen molar-refractivity contribution in [1.29, 1.82) is 0 Å². The summed E-state index contributed by atoms with van der Waals surface area (Å²) in [7, 11) is 1.53. The maximum absolute atomic E-state index is 11.7. The lowest BCUT2D eigenvalue weighted by Crippen LogP contribution is -2.05. The largest absolute Gasteiger partial charge is 0.489 e. The molecule has 0 N–H and O–H groups in total. The summed E-state index contributed by atoms with van der Waals surface area (Å²) in [4.78, 5) is 11.7. The van der Waals surface area contributed by atoms with E-state index in [1.807, 2.05) is 31.2 Å². The van der Waals surface area contributed by atoms with Crippen LogP contribution in [0.15, 0.2) is 42.5 Å². The average molecular weight is 300 g/mol. The molecule has 4 nitrogen and oxygen atoms in total. The molecular weight excluding hydrogens is 280 g/mol. The van der Waals surface area contributed by atoms with Crippen molar-refractivity contribution in [3.8, 4) is 11.5 Å². The predicted molar refractivity (Wildman–Crippen MR) is 84.5 cm³/mol. The van der Waals surface area contributed by atoms with Crippen LogP contribution in [-0.2, 0) is 11.3 Å². The summed E-state index contributed by atoms with van der Waals surface area (Å²) in [6.07, 6.45) is 0. The molecule has 2 aromatic carbocycles. The number of ketones is 1. The summed E-state index contributed by atoms with van der Waals surface area (Å²) in [5, 5.41) is 0. The Morgan fingerprint density at radius 1 is 1.05 bits per heavy atom. The summed E-state index contributed by atoms with van der Waals surface area (Å²) in [6, 6.07) is 13.3. The Labute approximate surface area is 130 Å². The Hall–Kier alpha value is -2.33. The molecule has 0 spiro atoms. The fourth-order valence-electron chi connectivity index (χ4n) is 1.97. The minimum Gasteiger partial charge on any atom is -0.489 e. The molecule has 4 heteroatoms. The van der Waals surface area contributed by atoms with E-state index in [9.17, 15) is 4.79 Å². The van der Waals surface area contributed by atoms with E-state index in [-0.39, 0.29) is 12.6 Å². The minimum absolute atomic E-state index is 0.0770. The van der Waals surface area contributed by atoms with Crippen LogP contribution >= 0.6 is 0 Å². The number of hydrogen-bond acceptors (Lipinski definition) is 4. The van der Waals surface area contributed by atoms with E-state index < -0.39 is 0 Å². The molecule has 0 saturated carbocycles. The van der Waals surface area contributed by atoms with Crippen LogP contribution in [0.1, 0.15) is 28.4 Å². The third-order valence-corrected chi connectivity index (χ3v) is 3.19. The molecule has 0 aliphatic carbocycles. The highest BCUT2D eigenvalue weighted by molar-refractivity contribution is 5.97. The van der Waals surface area contributed by atoms with Gasteiger partial charge in [0.2, 0.25) is 0 Å². The van der Waals surface area contributed by atoms with Gasteiger partial charge >= 0.3 is 0 Å². The molecule has 0 atom stereocenters. The zero-order valence-electron chi connectivity index (χ0n) is 13.1. The highest BCUT2D eigenvalue weighted by atomic mass is 16.7. The Morgan fingerprint density at radius 2 is 1.77 bits per heavy atom. The van der Waals surface area contributed by atoms with Gasteiger partial charge in [-0.15, -0.1) is 0 Å². The van der Waals surface area contributed by atoms with Crippen LogP contribution < -0.4 is 9.47 Å². The number of hydrogen-bond donors (Lipinski definition) is 0. The molecule has 0 aliphatic heterocycles. The van der Waals surface area contributed by atoms with Crippen molar-refractivity contribution in [2.24, 2.45) is 0 Å². The summed E-state index contributed by atoms with van der Waals surface area (Å²) in [5.41, 5.74) is 2.77. The number of aryl methyl sites for hydroxylation is 1. The van der Waals surface area contributed by atoms with Gasteiger partial charge in [-0.3, -0.25) is 4.79 Å². The van der Waals surface area contributed by atoms with Gasteiger partial charge in [0.05, 0.1) is 5.56 Å². The molecule has 0 aromatic heterocycles. The Morgan fingerprint density at radius 3 is 2.41 bits per heavy atom. The summed E-state index contributed by atoms with van der Waals surface area (Å²) < 4.78 is 16.0. The number of Topliss-reactive ketones (excluding diaryl/α,β-unsaturated/α-hetero) is 1. The second-order valence-electron chi connectivity index (χ2n) is 5.04. The molecule has 0 radical (unpaired) electrons. The van der Waals surface area contributed by atoms with E-state index in [0.29, 0.717) is 23.7 Å². The third-order valence-electron chi connectivity index (χ3n) is 3.19. The lowest BCUT2D eigenvalue weighted by atomic mass is 10.1. The van der Waals surface area contributed by atoms with Gasteiger partial charge in [0.1, 0.15) is 18.1 Å². The first-order valence-corrected chi connectivity index (χ1v) is 7.05. The number of carbonyl (C=O) groups is 1. The van der Waals surface area contributed by atoms with Crippen molar-refractivity contribution in [3.05, 3.63) is 59.2 Å². The zero-order valence-corrected chi connectivity index (χ0v) is 13.1. The highest BCUT2D eigenvalue weighted by Gasteiger charge is 2.10. The van der Waals surface area contributed by atoms with Gasteiger partial charge in [-0.2, -0.15) is 0 Å².